The van der Waals surface area contributed by atoms with Crippen LogP contribution in [0.5, 0.6) is 0 Å². The van der Waals surface area contributed by atoms with Crippen LogP contribution in [0.4, 0.5) is 0 Å². The van der Waals surface area contributed by atoms with Crippen LogP contribution in [-0.4, -0.2) is 42.4 Å². The van der Waals surface area contributed by atoms with Crippen LogP contribution in [0.25, 0.3) is 10.4 Å². The number of amides is 2. The van der Waals surface area contributed by atoms with Crippen molar-refractivity contribution in [2.24, 2.45) is 5.11 Å². The van der Waals surface area contributed by atoms with Crippen molar-refractivity contribution in [3.63, 3.8) is 0 Å². The standard InChI is InChI=1S/C13H12N4O4/c1-21-13(20)10(15-16-14)6-7-17-11(18)8-4-2-3-5-9(8)12(17)19/h2-5,10H,6-7H2,1H3/t10-/m0/s1. The number of benzene rings is 1. The van der Waals surface area contributed by atoms with Crippen molar-refractivity contribution < 1.29 is 19.1 Å². The molecule has 0 saturated carbocycles. The highest BCUT2D eigenvalue weighted by Gasteiger charge is 2.35. The first-order valence-corrected chi connectivity index (χ1v) is 6.17. The van der Waals surface area contributed by atoms with Gasteiger partial charge in [0.2, 0.25) is 0 Å². The van der Waals surface area contributed by atoms with Crippen LogP contribution in [-0.2, 0) is 9.53 Å². The van der Waals surface area contributed by atoms with Gasteiger partial charge in [0.15, 0.2) is 0 Å². The highest BCUT2D eigenvalue weighted by atomic mass is 16.5. The molecule has 1 heterocycles. The van der Waals surface area contributed by atoms with E-state index in [0.29, 0.717) is 11.1 Å². The molecule has 0 saturated heterocycles. The first-order chi connectivity index (χ1) is 10.1. The molecule has 0 aromatic heterocycles. The number of hydrogen-bond acceptors (Lipinski definition) is 5. The zero-order chi connectivity index (χ0) is 15.4. The molecule has 2 rings (SSSR count). The van der Waals surface area contributed by atoms with Crippen LogP contribution in [0.15, 0.2) is 29.4 Å². The number of rotatable bonds is 5. The van der Waals surface area contributed by atoms with E-state index in [1.54, 1.807) is 24.3 Å². The molecule has 0 spiro atoms. The van der Waals surface area contributed by atoms with Crippen LogP contribution in [0.2, 0.25) is 0 Å². The van der Waals surface area contributed by atoms with Crippen LogP contribution < -0.4 is 0 Å². The molecule has 1 aliphatic heterocycles. The summed E-state index contributed by atoms with van der Waals surface area (Å²) in [5, 5.41) is 3.31. The molecule has 0 bridgehead atoms. The van der Waals surface area contributed by atoms with Gasteiger partial charge >= 0.3 is 5.97 Å². The van der Waals surface area contributed by atoms with E-state index in [0.717, 1.165) is 4.90 Å². The third-order valence-electron chi connectivity index (χ3n) is 3.17. The highest BCUT2D eigenvalue weighted by Crippen LogP contribution is 2.22. The number of ether oxygens (including phenoxy) is 1. The minimum Gasteiger partial charge on any atom is -0.469 e. The summed E-state index contributed by atoms with van der Waals surface area (Å²) in [5.74, 6) is -1.54. The summed E-state index contributed by atoms with van der Waals surface area (Å²) in [5.41, 5.74) is 9.09. The molecule has 21 heavy (non-hydrogen) atoms. The van der Waals surface area contributed by atoms with Crippen LogP contribution in [0, 0.1) is 0 Å². The van der Waals surface area contributed by atoms with Gasteiger partial charge in [-0.2, -0.15) is 0 Å². The van der Waals surface area contributed by atoms with Gasteiger partial charge in [-0.25, -0.2) is 0 Å². The number of carbonyl (C=O) groups excluding carboxylic acids is 3. The Kier molecular flexibility index (Phi) is 4.20. The van der Waals surface area contributed by atoms with Gasteiger partial charge in [-0.15, -0.1) is 0 Å². The summed E-state index contributed by atoms with van der Waals surface area (Å²) in [4.78, 5) is 39.2. The summed E-state index contributed by atoms with van der Waals surface area (Å²) in [6.45, 7) is -0.0227. The number of nitrogens with zero attached hydrogens (tertiary/aromatic N) is 4. The second-order valence-electron chi connectivity index (χ2n) is 4.34. The number of imide groups is 1. The number of carbonyl (C=O) groups is 3. The van der Waals surface area contributed by atoms with E-state index in [9.17, 15) is 14.4 Å². The summed E-state index contributed by atoms with van der Waals surface area (Å²) in [7, 11) is 1.17. The summed E-state index contributed by atoms with van der Waals surface area (Å²) < 4.78 is 4.50. The SMILES string of the molecule is COC(=O)[C@H](CCN1C(=O)c2ccccc2C1=O)N=[N+]=[N-]. The van der Waals surface area contributed by atoms with E-state index >= 15 is 0 Å². The highest BCUT2D eigenvalue weighted by molar-refractivity contribution is 6.21. The number of methoxy groups -OCH3 is 1. The molecule has 2 amide bonds. The minimum absolute atomic E-state index is 0.0161. The van der Waals surface area contributed by atoms with Crippen molar-refractivity contribution in [3.8, 4) is 0 Å². The quantitative estimate of drug-likeness (QED) is 0.269. The van der Waals surface area contributed by atoms with E-state index in [4.69, 9.17) is 5.53 Å². The van der Waals surface area contributed by atoms with Crippen molar-refractivity contribution in [3.05, 3.63) is 45.8 Å². The van der Waals surface area contributed by atoms with Gasteiger partial charge in [0.1, 0.15) is 6.04 Å². The Morgan fingerprint density at radius 3 is 2.38 bits per heavy atom. The first kappa shape index (κ1) is 14.5. The average molecular weight is 288 g/mol. The van der Waals surface area contributed by atoms with Crippen molar-refractivity contribution in [2.45, 2.75) is 12.5 Å². The molecular weight excluding hydrogens is 276 g/mol. The Balaban J connectivity index is 2.11. The fraction of sp³-hybridized carbons (Fsp3) is 0.308. The van der Waals surface area contributed by atoms with Gasteiger partial charge in [0.25, 0.3) is 11.8 Å². The normalized spacial score (nSPS) is 14.4. The van der Waals surface area contributed by atoms with Gasteiger partial charge in [-0.3, -0.25) is 19.3 Å². The molecule has 1 aromatic carbocycles. The topological polar surface area (TPSA) is 112 Å². The smallest absolute Gasteiger partial charge is 0.314 e. The lowest BCUT2D eigenvalue weighted by atomic mass is 10.1. The van der Waals surface area contributed by atoms with Gasteiger partial charge in [-0.05, 0) is 24.1 Å². The average Bonchev–Trinajstić information content (AvgIpc) is 2.75. The second kappa shape index (κ2) is 6.06. The summed E-state index contributed by atoms with van der Waals surface area (Å²) in [6.07, 6.45) is 0.0161. The molecule has 1 aromatic rings. The molecule has 1 aliphatic rings. The lowest BCUT2D eigenvalue weighted by molar-refractivity contribution is -0.142. The summed E-state index contributed by atoms with van der Waals surface area (Å²) >= 11 is 0. The molecule has 0 unspecified atom stereocenters. The van der Waals surface area contributed by atoms with Crippen LogP contribution in [0.1, 0.15) is 27.1 Å². The first-order valence-electron chi connectivity index (χ1n) is 6.17. The van der Waals surface area contributed by atoms with Gasteiger partial charge in [-0.1, -0.05) is 17.2 Å². The third kappa shape index (κ3) is 2.70. The van der Waals surface area contributed by atoms with Crippen molar-refractivity contribution >= 4 is 17.8 Å². The molecule has 1 atom stereocenters. The maximum atomic E-state index is 12.1. The number of hydrogen-bond donors (Lipinski definition) is 0. The molecule has 0 aliphatic carbocycles. The molecule has 8 nitrogen and oxygen atoms in total. The van der Waals surface area contributed by atoms with Crippen molar-refractivity contribution in [2.75, 3.05) is 13.7 Å². The van der Waals surface area contributed by atoms with E-state index in [2.05, 4.69) is 14.8 Å². The largest absolute Gasteiger partial charge is 0.469 e. The van der Waals surface area contributed by atoms with E-state index in [-0.39, 0.29) is 13.0 Å². The Labute approximate surface area is 119 Å². The number of azide groups is 1. The Morgan fingerprint density at radius 2 is 1.90 bits per heavy atom. The third-order valence-corrected chi connectivity index (χ3v) is 3.17. The van der Waals surface area contributed by atoms with Crippen molar-refractivity contribution in [1.29, 1.82) is 0 Å². The second-order valence-corrected chi connectivity index (χ2v) is 4.34. The van der Waals surface area contributed by atoms with Crippen LogP contribution in [0.3, 0.4) is 0 Å². The maximum absolute atomic E-state index is 12.1. The maximum Gasteiger partial charge on any atom is 0.314 e. The molecular formula is C13H12N4O4. The zero-order valence-electron chi connectivity index (χ0n) is 11.2. The predicted molar refractivity (Wildman–Crippen MR) is 71.4 cm³/mol. The summed E-state index contributed by atoms with van der Waals surface area (Å²) in [6, 6.07) is 5.42. The zero-order valence-corrected chi connectivity index (χ0v) is 11.2. The predicted octanol–water partition coefficient (Wildman–Crippen LogP) is 1.52. The van der Waals surface area contributed by atoms with Crippen LogP contribution >= 0.6 is 0 Å². The number of fused-ring (bicyclic) bond motifs is 1. The number of esters is 1. The lowest BCUT2D eigenvalue weighted by Gasteiger charge is -2.15. The molecule has 108 valence electrons. The monoisotopic (exact) mass is 288 g/mol. The molecule has 0 fully saturated rings. The van der Waals surface area contributed by atoms with E-state index in [1.807, 2.05) is 0 Å². The molecule has 8 heteroatoms. The lowest BCUT2D eigenvalue weighted by Crippen LogP contribution is -2.34. The van der Waals surface area contributed by atoms with Gasteiger partial charge in [0.05, 0.1) is 18.2 Å². The fourth-order valence-electron chi connectivity index (χ4n) is 2.11. The van der Waals surface area contributed by atoms with Gasteiger partial charge < -0.3 is 4.74 Å². The Morgan fingerprint density at radius 1 is 1.33 bits per heavy atom. The minimum atomic E-state index is -1.07. The molecule has 0 radical (unpaired) electrons. The fourth-order valence-corrected chi connectivity index (χ4v) is 2.11. The van der Waals surface area contributed by atoms with E-state index in [1.165, 1.54) is 7.11 Å². The molecule has 0 N–H and O–H groups in total. The van der Waals surface area contributed by atoms with Crippen molar-refractivity contribution in [1.82, 2.24) is 4.90 Å². The Bertz CT molecular complexity index is 616. The Hall–Kier alpha value is -2.86. The van der Waals surface area contributed by atoms with E-state index < -0.39 is 23.8 Å². The van der Waals surface area contributed by atoms with Gasteiger partial charge in [0, 0.05) is 11.5 Å².